The number of halogens is 2. The van der Waals surface area contributed by atoms with Crippen molar-refractivity contribution in [3.63, 3.8) is 0 Å². The monoisotopic (exact) mass is 240 g/mol. The van der Waals surface area contributed by atoms with Gasteiger partial charge in [0.25, 0.3) is 5.56 Å². The highest BCUT2D eigenvalue weighted by Gasteiger charge is 2.07. The number of hydrogen-bond donors (Lipinski definition) is 1. The maximum atomic E-state index is 11.5. The number of nitrogens with zero attached hydrogens (tertiary/aromatic N) is 1. The van der Waals surface area contributed by atoms with Crippen LogP contribution in [0.2, 0.25) is 10.0 Å². The summed E-state index contributed by atoms with van der Waals surface area (Å²) in [5, 5.41) is 0.963. The zero-order valence-electron chi connectivity index (χ0n) is 7.50. The van der Waals surface area contributed by atoms with Crippen molar-refractivity contribution < 1.29 is 0 Å². The summed E-state index contributed by atoms with van der Waals surface area (Å²) >= 11 is 11.7. The van der Waals surface area contributed by atoms with Crippen LogP contribution in [0.3, 0.4) is 0 Å². The van der Waals surface area contributed by atoms with Crippen LogP contribution < -0.4 is 5.56 Å². The molecule has 76 valence electrons. The molecule has 3 nitrogen and oxygen atoms in total. The van der Waals surface area contributed by atoms with Crippen molar-refractivity contribution in [3.8, 4) is 11.1 Å². The number of rotatable bonds is 1. The van der Waals surface area contributed by atoms with E-state index >= 15 is 0 Å². The molecule has 0 aliphatic rings. The van der Waals surface area contributed by atoms with Gasteiger partial charge in [-0.1, -0.05) is 29.3 Å². The molecule has 0 saturated heterocycles. The van der Waals surface area contributed by atoms with E-state index in [0.29, 0.717) is 21.2 Å². The van der Waals surface area contributed by atoms with Crippen LogP contribution in [0, 0.1) is 0 Å². The lowest BCUT2D eigenvalue weighted by Crippen LogP contribution is -2.08. The van der Waals surface area contributed by atoms with Crippen molar-refractivity contribution in [2.24, 2.45) is 0 Å². The predicted octanol–water partition coefficient (Wildman–Crippen LogP) is 2.74. The van der Waals surface area contributed by atoms with Crippen molar-refractivity contribution in [3.05, 3.63) is 51.1 Å². The summed E-state index contributed by atoms with van der Waals surface area (Å²) in [7, 11) is 0. The molecule has 0 aliphatic heterocycles. The van der Waals surface area contributed by atoms with Gasteiger partial charge < -0.3 is 4.98 Å². The minimum atomic E-state index is -0.228. The molecular formula is C10H6Cl2N2O. The van der Waals surface area contributed by atoms with Gasteiger partial charge in [-0.2, -0.15) is 0 Å². The highest BCUT2D eigenvalue weighted by atomic mass is 35.5. The molecule has 1 heterocycles. The van der Waals surface area contributed by atoms with Gasteiger partial charge in [0.1, 0.15) is 0 Å². The van der Waals surface area contributed by atoms with Crippen LogP contribution >= 0.6 is 23.2 Å². The fourth-order valence-corrected chi connectivity index (χ4v) is 1.75. The molecule has 0 bridgehead atoms. The zero-order chi connectivity index (χ0) is 10.8. The van der Waals surface area contributed by atoms with Gasteiger partial charge in [-0.05, 0) is 12.1 Å². The molecular weight excluding hydrogens is 235 g/mol. The molecule has 0 aliphatic carbocycles. The Bertz CT molecular complexity index is 551. The molecule has 0 saturated carbocycles. The molecule has 1 aromatic carbocycles. The van der Waals surface area contributed by atoms with E-state index < -0.39 is 0 Å². The second kappa shape index (κ2) is 4.04. The van der Waals surface area contributed by atoms with Crippen LogP contribution in [0.25, 0.3) is 11.1 Å². The predicted molar refractivity (Wildman–Crippen MR) is 60.3 cm³/mol. The summed E-state index contributed by atoms with van der Waals surface area (Å²) in [4.78, 5) is 17.8. The van der Waals surface area contributed by atoms with Gasteiger partial charge in [-0.15, -0.1) is 0 Å². The Balaban J connectivity index is 2.65. The van der Waals surface area contributed by atoms with Crippen LogP contribution in [0.1, 0.15) is 0 Å². The first-order chi connectivity index (χ1) is 7.18. The van der Waals surface area contributed by atoms with E-state index in [1.54, 1.807) is 18.2 Å². The minimum absolute atomic E-state index is 0.228. The largest absolute Gasteiger partial charge is 0.313 e. The lowest BCUT2D eigenvalue weighted by atomic mass is 10.1. The maximum Gasteiger partial charge on any atom is 0.258 e. The standard InChI is InChI=1S/C10H6Cl2N2O/c11-6-1-2-7(9(12)3-6)8-4-13-5-14-10(8)15/h1-5H,(H,13,14,15). The van der Waals surface area contributed by atoms with E-state index in [0.717, 1.165) is 0 Å². The minimum Gasteiger partial charge on any atom is -0.313 e. The second-order valence-electron chi connectivity index (χ2n) is 2.92. The third-order valence-electron chi connectivity index (χ3n) is 1.94. The van der Waals surface area contributed by atoms with Crippen molar-refractivity contribution in [1.29, 1.82) is 0 Å². The number of aromatic amines is 1. The Morgan fingerprint density at radius 3 is 2.67 bits per heavy atom. The lowest BCUT2D eigenvalue weighted by Gasteiger charge is -2.02. The average Bonchev–Trinajstić information content (AvgIpc) is 2.20. The Morgan fingerprint density at radius 2 is 2.00 bits per heavy atom. The summed E-state index contributed by atoms with van der Waals surface area (Å²) in [5.74, 6) is 0. The number of nitrogens with one attached hydrogen (secondary N) is 1. The highest BCUT2D eigenvalue weighted by molar-refractivity contribution is 6.36. The van der Waals surface area contributed by atoms with Gasteiger partial charge in [0.15, 0.2) is 0 Å². The summed E-state index contributed by atoms with van der Waals surface area (Å²) in [5.41, 5.74) is 0.823. The number of aromatic nitrogens is 2. The van der Waals surface area contributed by atoms with Crippen LogP contribution in [-0.2, 0) is 0 Å². The first-order valence-corrected chi connectivity index (χ1v) is 4.92. The topological polar surface area (TPSA) is 45.8 Å². The molecule has 0 amide bonds. The molecule has 1 N–H and O–H groups in total. The molecule has 0 radical (unpaired) electrons. The Hall–Kier alpha value is -1.32. The fourth-order valence-electron chi connectivity index (χ4n) is 1.24. The Morgan fingerprint density at radius 1 is 1.20 bits per heavy atom. The van der Waals surface area contributed by atoms with E-state index in [1.165, 1.54) is 12.5 Å². The quantitative estimate of drug-likeness (QED) is 0.834. The smallest absolute Gasteiger partial charge is 0.258 e. The lowest BCUT2D eigenvalue weighted by molar-refractivity contribution is 1.12. The van der Waals surface area contributed by atoms with E-state index in [9.17, 15) is 4.79 Å². The van der Waals surface area contributed by atoms with Crippen molar-refractivity contribution in [2.45, 2.75) is 0 Å². The second-order valence-corrected chi connectivity index (χ2v) is 3.76. The highest BCUT2D eigenvalue weighted by Crippen LogP contribution is 2.27. The molecule has 5 heteroatoms. The van der Waals surface area contributed by atoms with Gasteiger partial charge in [0.05, 0.1) is 16.9 Å². The summed E-state index contributed by atoms with van der Waals surface area (Å²) < 4.78 is 0. The first-order valence-electron chi connectivity index (χ1n) is 4.16. The molecule has 0 unspecified atom stereocenters. The average molecular weight is 241 g/mol. The van der Waals surface area contributed by atoms with Gasteiger partial charge >= 0.3 is 0 Å². The van der Waals surface area contributed by atoms with Crippen molar-refractivity contribution >= 4 is 23.2 Å². The third kappa shape index (κ3) is 2.03. The molecule has 2 rings (SSSR count). The van der Waals surface area contributed by atoms with Crippen LogP contribution in [0.5, 0.6) is 0 Å². The molecule has 2 aromatic rings. The van der Waals surface area contributed by atoms with E-state index in [1.807, 2.05) is 0 Å². The zero-order valence-corrected chi connectivity index (χ0v) is 9.01. The van der Waals surface area contributed by atoms with Crippen LogP contribution in [-0.4, -0.2) is 9.97 Å². The number of hydrogen-bond acceptors (Lipinski definition) is 2. The fraction of sp³-hybridized carbons (Fsp3) is 0. The third-order valence-corrected chi connectivity index (χ3v) is 2.49. The number of H-pyrrole nitrogens is 1. The molecule has 15 heavy (non-hydrogen) atoms. The summed E-state index contributed by atoms with van der Waals surface area (Å²) in [6, 6.07) is 4.96. The van der Waals surface area contributed by atoms with Gasteiger partial charge in [-0.25, -0.2) is 4.98 Å². The normalized spacial score (nSPS) is 10.3. The van der Waals surface area contributed by atoms with E-state index in [2.05, 4.69) is 9.97 Å². The number of benzene rings is 1. The Labute approximate surface area is 95.7 Å². The first kappa shape index (κ1) is 10.2. The van der Waals surface area contributed by atoms with Crippen LogP contribution in [0.15, 0.2) is 35.5 Å². The van der Waals surface area contributed by atoms with E-state index in [-0.39, 0.29) is 5.56 Å². The van der Waals surface area contributed by atoms with Crippen molar-refractivity contribution in [2.75, 3.05) is 0 Å². The summed E-state index contributed by atoms with van der Waals surface area (Å²) in [6.45, 7) is 0. The van der Waals surface area contributed by atoms with E-state index in [4.69, 9.17) is 23.2 Å². The molecule has 0 atom stereocenters. The SMILES string of the molecule is O=c1[nH]cncc1-c1ccc(Cl)cc1Cl. The van der Waals surface area contributed by atoms with Gasteiger partial charge in [0.2, 0.25) is 0 Å². The van der Waals surface area contributed by atoms with Gasteiger partial charge in [-0.3, -0.25) is 4.79 Å². The maximum absolute atomic E-state index is 11.5. The van der Waals surface area contributed by atoms with Gasteiger partial charge in [0, 0.05) is 16.8 Å². The van der Waals surface area contributed by atoms with Crippen molar-refractivity contribution in [1.82, 2.24) is 9.97 Å². The molecule has 0 fully saturated rings. The molecule has 1 aromatic heterocycles. The Kier molecular flexibility index (Phi) is 2.75. The molecule has 0 spiro atoms. The van der Waals surface area contributed by atoms with Crippen LogP contribution in [0.4, 0.5) is 0 Å². The summed E-state index contributed by atoms with van der Waals surface area (Å²) in [6.07, 6.45) is 2.80.